The van der Waals surface area contributed by atoms with E-state index in [0.29, 0.717) is 13.2 Å². The number of hydrogen-bond acceptors (Lipinski definition) is 3. The number of halogens is 2. The van der Waals surface area contributed by atoms with Crippen LogP contribution in [-0.2, 0) is 6.54 Å². The highest BCUT2D eigenvalue weighted by atomic mass is 35.5. The standard InChI is InChI=1S/C18H20ClFN2O2/c1-22(2)9-10-24-15-6-3-13(4-7-15)12-21-18(23)16-8-5-14(20)11-17(16)19/h3-8,11H,9-10,12H2,1-2H3,(H,21,23). The molecule has 0 spiro atoms. The fraction of sp³-hybridized carbons (Fsp3) is 0.278. The van der Waals surface area contributed by atoms with E-state index in [0.717, 1.165) is 23.9 Å². The van der Waals surface area contributed by atoms with Gasteiger partial charge in [0, 0.05) is 13.1 Å². The number of nitrogens with one attached hydrogen (secondary N) is 1. The van der Waals surface area contributed by atoms with Crippen LogP contribution >= 0.6 is 11.6 Å². The molecule has 0 saturated carbocycles. The second kappa shape index (κ2) is 8.66. The Kier molecular flexibility index (Phi) is 6.58. The van der Waals surface area contributed by atoms with Crippen molar-refractivity contribution in [2.75, 3.05) is 27.2 Å². The number of benzene rings is 2. The fourth-order valence-electron chi connectivity index (χ4n) is 2.00. The molecular formula is C18H20ClFN2O2. The summed E-state index contributed by atoms with van der Waals surface area (Å²) in [6, 6.07) is 11.2. The lowest BCUT2D eigenvalue weighted by atomic mass is 10.2. The first-order chi connectivity index (χ1) is 11.5. The van der Waals surface area contributed by atoms with Crippen LogP contribution in [-0.4, -0.2) is 38.1 Å². The van der Waals surface area contributed by atoms with E-state index in [4.69, 9.17) is 16.3 Å². The lowest BCUT2D eigenvalue weighted by Crippen LogP contribution is -2.23. The van der Waals surface area contributed by atoms with Crippen LogP contribution < -0.4 is 10.1 Å². The van der Waals surface area contributed by atoms with Gasteiger partial charge in [0.25, 0.3) is 5.91 Å². The summed E-state index contributed by atoms with van der Waals surface area (Å²) in [5.74, 6) is -0.0266. The van der Waals surface area contributed by atoms with E-state index in [2.05, 4.69) is 5.32 Å². The largest absolute Gasteiger partial charge is 0.492 e. The van der Waals surface area contributed by atoms with Gasteiger partial charge in [-0.15, -0.1) is 0 Å². The SMILES string of the molecule is CN(C)CCOc1ccc(CNC(=O)c2ccc(F)cc2Cl)cc1. The molecule has 0 radical (unpaired) electrons. The molecule has 0 aliphatic rings. The summed E-state index contributed by atoms with van der Waals surface area (Å²) in [5, 5.41) is 2.85. The molecule has 0 aliphatic carbocycles. The summed E-state index contributed by atoms with van der Waals surface area (Å²) in [5.41, 5.74) is 1.18. The van der Waals surface area contributed by atoms with Gasteiger partial charge in [-0.2, -0.15) is 0 Å². The molecule has 1 N–H and O–H groups in total. The highest BCUT2D eigenvalue weighted by Crippen LogP contribution is 2.17. The number of carbonyl (C=O) groups excluding carboxylic acids is 1. The molecule has 0 aliphatic heterocycles. The quantitative estimate of drug-likeness (QED) is 0.832. The molecular weight excluding hydrogens is 331 g/mol. The van der Waals surface area contributed by atoms with E-state index in [1.807, 2.05) is 43.3 Å². The molecule has 2 aromatic rings. The topological polar surface area (TPSA) is 41.6 Å². The molecule has 0 bridgehead atoms. The van der Waals surface area contributed by atoms with Crippen molar-refractivity contribution in [1.29, 1.82) is 0 Å². The molecule has 0 atom stereocenters. The minimum atomic E-state index is -0.471. The summed E-state index contributed by atoms with van der Waals surface area (Å²) in [6.07, 6.45) is 0. The third-order valence-electron chi connectivity index (χ3n) is 3.36. The Morgan fingerprint density at radius 1 is 1.21 bits per heavy atom. The Bertz CT molecular complexity index is 690. The zero-order valence-electron chi connectivity index (χ0n) is 13.7. The van der Waals surface area contributed by atoms with Gasteiger partial charge >= 0.3 is 0 Å². The monoisotopic (exact) mass is 350 g/mol. The molecule has 0 aromatic heterocycles. The maximum absolute atomic E-state index is 13.0. The zero-order chi connectivity index (χ0) is 17.5. The smallest absolute Gasteiger partial charge is 0.253 e. The van der Waals surface area contributed by atoms with E-state index >= 15 is 0 Å². The molecule has 0 saturated heterocycles. The number of nitrogens with zero attached hydrogens (tertiary/aromatic N) is 1. The zero-order valence-corrected chi connectivity index (χ0v) is 14.4. The molecule has 2 rings (SSSR count). The van der Waals surface area contributed by atoms with Crippen molar-refractivity contribution in [1.82, 2.24) is 10.2 Å². The number of hydrogen-bond donors (Lipinski definition) is 1. The third-order valence-corrected chi connectivity index (χ3v) is 3.67. The van der Waals surface area contributed by atoms with Gasteiger partial charge in [-0.1, -0.05) is 23.7 Å². The fourth-order valence-corrected chi connectivity index (χ4v) is 2.25. The van der Waals surface area contributed by atoms with Gasteiger partial charge in [0.2, 0.25) is 0 Å². The molecule has 0 heterocycles. The number of likely N-dealkylation sites (N-methyl/N-ethyl adjacent to an activating group) is 1. The number of rotatable bonds is 7. The second-order valence-corrected chi connectivity index (χ2v) is 6.01. The molecule has 6 heteroatoms. The maximum Gasteiger partial charge on any atom is 0.253 e. The molecule has 4 nitrogen and oxygen atoms in total. The second-order valence-electron chi connectivity index (χ2n) is 5.60. The van der Waals surface area contributed by atoms with Crippen LogP contribution in [0.4, 0.5) is 4.39 Å². The van der Waals surface area contributed by atoms with Crippen molar-refractivity contribution < 1.29 is 13.9 Å². The van der Waals surface area contributed by atoms with Crippen LogP contribution in [0.3, 0.4) is 0 Å². The van der Waals surface area contributed by atoms with E-state index in [-0.39, 0.29) is 16.5 Å². The Morgan fingerprint density at radius 2 is 1.92 bits per heavy atom. The lowest BCUT2D eigenvalue weighted by molar-refractivity contribution is 0.0951. The molecule has 128 valence electrons. The number of carbonyl (C=O) groups is 1. The lowest BCUT2D eigenvalue weighted by Gasteiger charge is -2.11. The molecule has 1 amide bonds. The average Bonchev–Trinajstić information content (AvgIpc) is 2.53. The molecule has 24 heavy (non-hydrogen) atoms. The van der Waals surface area contributed by atoms with Crippen LogP contribution in [0.5, 0.6) is 5.75 Å². The first-order valence-corrected chi connectivity index (χ1v) is 7.93. The summed E-state index contributed by atoms with van der Waals surface area (Å²) in [6.45, 7) is 1.81. The minimum absolute atomic E-state index is 0.0946. The van der Waals surface area contributed by atoms with E-state index < -0.39 is 5.82 Å². The Hall–Kier alpha value is -2.11. The molecule has 0 fully saturated rings. The van der Waals surface area contributed by atoms with Crippen molar-refractivity contribution in [3.8, 4) is 5.75 Å². The number of ether oxygens (including phenoxy) is 1. The summed E-state index contributed by atoms with van der Waals surface area (Å²) in [7, 11) is 3.98. The summed E-state index contributed by atoms with van der Waals surface area (Å²) < 4.78 is 18.6. The van der Waals surface area contributed by atoms with Gasteiger partial charge in [-0.25, -0.2) is 4.39 Å². The predicted molar refractivity (Wildman–Crippen MR) is 93.1 cm³/mol. The normalized spacial score (nSPS) is 10.7. The average molecular weight is 351 g/mol. The van der Waals surface area contributed by atoms with Gasteiger partial charge in [-0.3, -0.25) is 4.79 Å². The minimum Gasteiger partial charge on any atom is -0.492 e. The van der Waals surface area contributed by atoms with Crippen molar-refractivity contribution in [2.45, 2.75) is 6.54 Å². The van der Waals surface area contributed by atoms with E-state index in [1.54, 1.807) is 0 Å². The maximum atomic E-state index is 13.0. The summed E-state index contributed by atoms with van der Waals surface area (Å²) >= 11 is 5.88. The van der Waals surface area contributed by atoms with Crippen LogP contribution in [0, 0.1) is 5.82 Å². The Morgan fingerprint density at radius 3 is 2.54 bits per heavy atom. The molecule has 0 unspecified atom stereocenters. The number of amides is 1. The predicted octanol–water partition coefficient (Wildman–Crippen LogP) is 3.35. The molecule has 2 aromatic carbocycles. The van der Waals surface area contributed by atoms with Crippen LogP contribution in [0.2, 0.25) is 5.02 Å². The Balaban J connectivity index is 1.86. The van der Waals surface area contributed by atoms with Crippen molar-refractivity contribution >= 4 is 17.5 Å². The van der Waals surface area contributed by atoms with E-state index in [9.17, 15) is 9.18 Å². The summed E-state index contributed by atoms with van der Waals surface area (Å²) in [4.78, 5) is 14.1. The highest BCUT2D eigenvalue weighted by molar-refractivity contribution is 6.33. The van der Waals surface area contributed by atoms with Gasteiger partial charge in [0.15, 0.2) is 0 Å². The van der Waals surface area contributed by atoms with Gasteiger partial charge in [0.1, 0.15) is 18.2 Å². The third kappa shape index (κ3) is 5.51. The van der Waals surface area contributed by atoms with Crippen molar-refractivity contribution in [3.05, 3.63) is 64.4 Å². The van der Waals surface area contributed by atoms with Crippen molar-refractivity contribution in [2.24, 2.45) is 0 Å². The Labute approximate surface area is 146 Å². The van der Waals surface area contributed by atoms with E-state index in [1.165, 1.54) is 12.1 Å². The van der Waals surface area contributed by atoms with Crippen LogP contribution in [0.15, 0.2) is 42.5 Å². The first-order valence-electron chi connectivity index (χ1n) is 7.55. The van der Waals surface area contributed by atoms with Crippen molar-refractivity contribution in [3.63, 3.8) is 0 Å². The van der Waals surface area contributed by atoms with Gasteiger partial charge in [0.05, 0.1) is 10.6 Å². The highest BCUT2D eigenvalue weighted by Gasteiger charge is 2.10. The van der Waals surface area contributed by atoms with Gasteiger partial charge < -0.3 is 15.0 Å². The van der Waals surface area contributed by atoms with Crippen LogP contribution in [0.1, 0.15) is 15.9 Å². The first kappa shape index (κ1) is 18.2. The van der Waals surface area contributed by atoms with Crippen LogP contribution in [0.25, 0.3) is 0 Å². The van der Waals surface area contributed by atoms with Gasteiger partial charge in [-0.05, 0) is 50.0 Å².